The van der Waals surface area contributed by atoms with Crippen molar-refractivity contribution in [2.24, 2.45) is 0 Å². The summed E-state index contributed by atoms with van der Waals surface area (Å²) in [6.07, 6.45) is 6.23. The summed E-state index contributed by atoms with van der Waals surface area (Å²) in [7, 11) is 0. The molecule has 3 aromatic rings. The van der Waals surface area contributed by atoms with Crippen molar-refractivity contribution in [3.05, 3.63) is 66.5 Å². The van der Waals surface area contributed by atoms with Gasteiger partial charge in [-0.1, -0.05) is 18.2 Å². The van der Waals surface area contributed by atoms with Gasteiger partial charge in [-0.15, -0.1) is 0 Å². The molecule has 11 heteroatoms. The van der Waals surface area contributed by atoms with Crippen LogP contribution in [0.4, 0.5) is 20.4 Å². The quantitative estimate of drug-likeness (QED) is 0.422. The normalized spacial score (nSPS) is 18.6. The first-order valence-electron chi connectivity index (χ1n) is 13.0. The second kappa shape index (κ2) is 12.3. The lowest BCUT2D eigenvalue weighted by atomic mass is 10.0. The number of nitrogens with one attached hydrogen (secondary N) is 2. The number of ether oxygens (including phenoxy) is 1. The zero-order valence-electron chi connectivity index (χ0n) is 21.3. The van der Waals surface area contributed by atoms with Crippen molar-refractivity contribution < 1.29 is 23.1 Å². The molecule has 39 heavy (non-hydrogen) atoms. The largest absolute Gasteiger partial charge is 0.435 e. The summed E-state index contributed by atoms with van der Waals surface area (Å²) in [5, 5.41) is 6.47. The molecule has 0 aliphatic carbocycles. The molecule has 5 rings (SSSR count). The van der Waals surface area contributed by atoms with Crippen LogP contribution < -0.4 is 15.4 Å². The maximum Gasteiger partial charge on any atom is 0.387 e. The Morgan fingerprint density at radius 3 is 2.49 bits per heavy atom. The highest BCUT2D eigenvalue weighted by molar-refractivity contribution is 5.95. The number of anilines is 2. The molecule has 2 aliphatic rings. The van der Waals surface area contributed by atoms with E-state index >= 15 is 0 Å². The summed E-state index contributed by atoms with van der Waals surface area (Å²) >= 11 is 0. The predicted octanol–water partition coefficient (Wildman–Crippen LogP) is 3.57. The Morgan fingerprint density at radius 1 is 1.05 bits per heavy atom. The van der Waals surface area contributed by atoms with Crippen LogP contribution >= 0.6 is 0 Å². The van der Waals surface area contributed by atoms with E-state index in [-0.39, 0.29) is 17.7 Å². The molecule has 2 saturated heterocycles. The second-order valence-corrected chi connectivity index (χ2v) is 9.58. The molecule has 2 N–H and O–H groups in total. The fourth-order valence-electron chi connectivity index (χ4n) is 5.13. The third-order valence-corrected chi connectivity index (χ3v) is 7.11. The number of piperidine rings is 1. The molecule has 2 aromatic carbocycles. The number of rotatable bonds is 8. The van der Waals surface area contributed by atoms with E-state index < -0.39 is 6.61 Å². The van der Waals surface area contributed by atoms with Gasteiger partial charge >= 0.3 is 6.61 Å². The van der Waals surface area contributed by atoms with Crippen LogP contribution in [0.5, 0.6) is 5.75 Å². The zero-order valence-corrected chi connectivity index (χ0v) is 21.3. The molecule has 9 nitrogen and oxygen atoms in total. The van der Waals surface area contributed by atoms with Gasteiger partial charge in [-0.25, -0.2) is 9.97 Å². The van der Waals surface area contributed by atoms with Gasteiger partial charge in [-0.3, -0.25) is 9.69 Å². The van der Waals surface area contributed by atoms with Crippen LogP contribution in [-0.4, -0.2) is 83.4 Å². The highest BCUT2D eigenvalue weighted by Crippen LogP contribution is 2.24. The van der Waals surface area contributed by atoms with Crippen LogP contribution in [0.2, 0.25) is 0 Å². The average Bonchev–Trinajstić information content (AvgIpc) is 2.97. The van der Waals surface area contributed by atoms with Crippen molar-refractivity contribution in [3.63, 3.8) is 0 Å². The third kappa shape index (κ3) is 6.55. The summed E-state index contributed by atoms with van der Waals surface area (Å²) in [6, 6.07) is 13.4. The first-order valence-corrected chi connectivity index (χ1v) is 13.0. The van der Waals surface area contributed by atoms with Gasteiger partial charge in [0.15, 0.2) is 0 Å². The molecule has 2 aliphatic heterocycles. The number of halogens is 2. The molecule has 204 valence electrons. The fourth-order valence-corrected chi connectivity index (χ4v) is 5.13. The number of hydrogen-bond donors (Lipinski definition) is 2. The minimum absolute atomic E-state index is 0.0766. The van der Waals surface area contributed by atoms with Crippen LogP contribution in [-0.2, 0) is 4.79 Å². The Kier molecular flexibility index (Phi) is 8.38. The van der Waals surface area contributed by atoms with Crippen LogP contribution in [0, 0.1) is 0 Å². The molecule has 1 atom stereocenters. The number of amides is 1. The summed E-state index contributed by atoms with van der Waals surface area (Å²) < 4.78 is 29.1. The molecule has 0 radical (unpaired) electrons. The van der Waals surface area contributed by atoms with Gasteiger partial charge < -0.3 is 25.1 Å². The molecule has 1 unspecified atom stereocenters. The standard InChI is InChI=1S/C28H30F2N6O3/c29-27(30)39-25-6-4-19(5-7-25)21-15-32-28(33-16-21)34-22-3-1-2-20(14-22)26(38)35-12-13-36(24(17-35)18-37)23-8-10-31-11-9-23/h1-7,14-16,18,23-24,27,31H,8-13,17H2,(H,32,33,34). The summed E-state index contributed by atoms with van der Waals surface area (Å²) in [5.41, 5.74) is 2.64. The number of piperazine rings is 1. The first-order chi connectivity index (χ1) is 19.0. The van der Waals surface area contributed by atoms with Crippen LogP contribution in [0.3, 0.4) is 0 Å². The highest BCUT2D eigenvalue weighted by Gasteiger charge is 2.34. The third-order valence-electron chi connectivity index (χ3n) is 7.11. The van der Waals surface area contributed by atoms with E-state index in [4.69, 9.17) is 0 Å². The van der Waals surface area contributed by atoms with E-state index in [2.05, 4.69) is 30.2 Å². The Bertz CT molecular complexity index is 1270. The van der Waals surface area contributed by atoms with Crippen molar-refractivity contribution in [1.82, 2.24) is 25.1 Å². The Balaban J connectivity index is 1.21. The predicted molar refractivity (Wildman–Crippen MR) is 142 cm³/mol. The molecular weight excluding hydrogens is 506 g/mol. The smallest absolute Gasteiger partial charge is 0.387 e. The van der Waals surface area contributed by atoms with Gasteiger partial charge in [0.05, 0.1) is 6.04 Å². The maximum atomic E-state index is 13.3. The minimum Gasteiger partial charge on any atom is -0.435 e. The number of carbonyl (C=O) groups is 2. The molecule has 0 spiro atoms. The van der Waals surface area contributed by atoms with E-state index in [1.807, 2.05) is 6.07 Å². The second-order valence-electron chi connectivity index (χ2n) is 9.58. The van der Waals surface area contributed by atoms with Crippen molar-refractivity contribution in [3.8, 4) is 16.9 Å². The first kappa shape index (κ1) is 26.6. The van der Waals surface area contributed by atoms with Crippen molar-refractivity contribution in [2.45, 2.75) is 31.5 Å². The molecule has 1 aromatic heterocycles. The van der Waals surface area contributed by atoms with E-state index in [9.17, 15) is 18.4 Å². The van der Waals surface area contributed by atoms with E-state index in [1.165, 1.54) is 12.1 Å². The SMILES string of the molecule is O=CC1CN(C(=O)c2cccc(Nc3ncc(-c4ccc(OC(F)F)cc4)cn3)c2)CCN1C1CCNCC1. The van der Waals surface area contributed by atoms with E-state index in [0.717, 1.165) is 37.8 Å². The van der Waals surface area contributed by atoms with Gasteiger partial charge in [0.2, 0.25) is 5.95 Å². The maximum absolute atomic E-state index is 13.3. The molecule has 0 saturated carbocycles. The monoisotopic (exact) mass is 536 g/mol. The lowest BCUT2D eigenvalue weighted by Gasteiger charge is -2.44. The van der Waals surface area contributed by atoms with Gasteiger partial charge in [-0.05, 0) is 61.8 Å². The van der Waals surface area contributed by atoms with E-state index in [0.29, 0.717) is 48.4 Å². The average molecular weight is 537 g/mol. The number of carbonyl (C=O) groups excluding carboxylic acids is 2. The minimum atomic E-state index is -2.87. The van der Waals surface area contributed by atoms with Gasteiger partial charge in [-0.2, -0.15) is 8.78 Å². The fraction of sp³-hybridized carbons (Fsp3) is 0.357. The van der Waals surface area contributed by atoms with Crippen molar-refractivity contribution in [2.75, 3.05) is 38.0 Å². The molecular formula is C28H30F2N6O3. The molecule has 3 heterocycles. The van der Waals surface area contributed by atoms with Gasteiger partial charge in [0.1, 0.15) is 12.0 Å². The van der Waals surface area contributed by atoms with Crippen LogP contribution in [0.1, 0.15) is 23.2 Å². The zero-order chi connectivity index (χ0) is 27.2. The number of aromatic nitrogens is 2. The molecule has 1 amide bonds. The van der Waals surface area contributed by atoms with Crippen molar-refractivity contribution in [1.29, 1.82) is 0 Å². The Labute approximate surface area is 225 Å². The summed E-state index contributed by atoms with van der Waals surface area (Å²) in [5.74, 6) is 0.302. The summed E-state index contributed by atoms with van der Waals surface area (Å²) in [4.78, 5) is 37.9. The topological polar surface area (TPSA) is 99.7 Å². The number of hydrogen-bond acceptors (Lipinski definition) is 8. The summed E-state index contributed by atoms with van der Waals surface area (Å²) in [6.45, 7) is 0.663. The number of nitrogens with zero attached hydrogens (tertiary/aromatic N) is 4. The number of benzene rings is 2. The lowest BCUT2D eigenvalue weighted by molar-refractivity contribution is -0.115. The number of alkyl halides is 2. The number of aldehydes is 1. The van der Waals surface area contributed by atoms with Gasteiger partial charge in [0, 0.05) is 54.9 Å². The van der Waals surface area contributed by atoms with Crippen LogP contribution in [0.25, 0.3) is 11.1 Å². The molecule has 0 bridgehead atoms. The molecule has 2 fully saturated rings. The van der Waals surface area contributed by atoms with Crippen molar-refractivity contribution >= 4 is 23.8 Å². The van der Waals surface area contributed by atoms with E-state index in [1.54, 1.807) is 47.6 Å². The van der Waals surface area contributed by atoms with Crippen LogP contribution in [0.15, 0.2) is 60.9 Å². The lowest BCUT2D eigenvalue weighted by Crippen LogP contribution is -2.59. The van der Waals surface area contributed by atoms with Gasteiger partial charge in [0.25, 0.3) is 5.91 Å². The Hall–Kier alpha value is -3.96. The highest BCUT2D eigenvalue weighted by atomic mass is 19.3. The Morgan fingerprint density at radius 2 is 1.79 bits per heavy atom.